The fraction of sp³-hybridized carbons (Fsp3) is 1.00. The molecule has 62 valence electrons. The van der Waals surface area contributed by atoms with Crippen molar-refractivity contribution in [3.63, 3.8) is 0 Å². The number of hydrogen-bond acceptors (Lipinski definition) is 1. The van der Waals surface area contributed by atoms with Crippen molar-refractivity contribution in [2.24, 2.45) is 0 Å². The van der Waals surface area contributed by atoms with E-state index in [9.17, 15) is 0 Å². The van der Waals surface area contributed by atoms with Crippen molar-refractivity contribution >= 4 is 0 Å². The zero-order chi connectivity index (χ0) is 8.20. The van der Waals surface area contributed by atoms with E-state index < -0.39 is 0 Å². The van der Waals surface area contributed by atoms with E-state index in [1.54, 1.807) is 0 Å². The average Bonchev–Trinajstić information content (AvgIpc) is 1.88. The smallest absolute Gasteiger partial charge is 0.113 e. The molecule has 0 saturated carbocycles. The van der Waals surface area contributed by atoms with E-state index in [0.717, 1.165) is 17.8 Å². The molecule has 0 aromatic carbocycles. The maximum Gasteiger partial charge on any atom is 0.113 e. The summed E-state index contributed by atoms with van der Waals surface area (Å²) in [6.07, 6.45) is 0. The quantitative estimate of drug-likeness (QED) is 0.434. The highest BCUT2D eigenvalue weighted by molar-refractivity contribution is 4.33. The molecule has 0 aromatic heterocycles. The third kappa shape index (κ3) is 2.27. The minimum Gasteiger partial charge on any atom is -0.203 e. The van der Waals surface area contributed by atoms with E-state index in [1.807, 2.05) is 6.92 Å². The van der Waals surface area contributed by atoms with Crippen LogP contribution in [-0.4, -0.2) is 30.9 Å². The first kappa shape index (κ1) is 9.92. The lowest BCUT2D eigenvalue weighted by Gasteiger charge is -2.33. The maximum absolute atomic E-state index is 5.58. The molecule has 0 heterocycles. The summed E-state index contributed by atoms with van der Waals surface area (Å²) in [5.74, 6) is 0. The van der Waals surface area contributed by atoms with Crippen molar-refractivity contribution in [2.45, 2.75) is 33.7 Å². The van der Waals surface area contributed by atoms with E-state index in [4.69, 9.17) is 4.84 Å². The Balaban J connectivity index is 3.94. The predicted octanol–water partition coefficient (Wildman–Crippen LogP) is 1.81. The van der Waals surface area contributed by atoms with Gasteiger partial charge in [-0.15, -0.1) is 0 Å². The fourth-order valence-corrected chi connectivity index (χ4v) is 0.900. The lowest BCUT2D eigenvalue weighted by molar-refractivity contribution is -1.10. The minimum atomic E-state index is 0.546. The molecule has 10 heavy (non-hydrogen) atoms. The molecule has 0 N–H and O–H groups in total. The van der Waals surface area contributed by atoms with Crippen molar-refractivity contribution < 1.29 is 9.48 Å². The Hall–Kier alpha value is -0.0800. The number of nitrogens with zero attached hydrogens (tertiary/aromatic N) is 1. The summed E-state index contributed by atoms with van der Waals surface area (Å²) in [5, 5.41) is 0. The van der Waals surface area contributed by atoms with Gasteiger partial charge >= 0.3 is 0 Å². The van der Waals surface area contributed by atoms with Crippen LogP contribution in [0, 0.1) is 0 Å². The van der Waals surface area contributed by atoms with E-state index in [2.05, 4.69) is 27.8 Å². The molecule has 0 spiro atoms. The third-order valence-electron chi connectivity index (χ3n) is 2.14. The number of quaternary nitrogens is 1. The lowest BCUT2D eigenvalue weighted by Crippen LogP contribution is -2.49. The Morgan fingerprint density at radius 3 is 1.90 bits per heavy atom. The highest BCUT2D eigenvalue weighted by Gasteiger charge is 2.24. The monoisotopic (exact) mass is 146 g/mol. The van der Waals surface area contributed by atoms with Gasteiger partial charge in [0.2, 0.25) is 0 Å². The summed E-state index contributed by atoms with van der Waals surface area (Å²) in [5.41, 5.74) is 0. The zero-order valence-corrected chi connectivity index (χ0v) is 7.85. The second-order valence-electron chi connectivity index (χ2n) is 3.00. The van der Waals surface area contributed by atoms with Gasteiger partial charge in [0, 0.05) is 0 Å². The number of hydrogen-bond donors (Lipinski definition) is 0. The Bertz CT molecular complexity index is 93.3. The third-order valence-corrected chi connectivity index (χ3v) is 2.14. The van der Waals surface area contributed by atoms with E-state index in [-0.39, 0.29) is 0 Å². The van der Waals surface area contributed by atoms with Crippen LogP contribution in [0.25, 0.3) is 0 Å². The van der Waals surface area contributed by atoms with Crippen molar-refractivity contribution in [1.82, 2.24) is 0 Å². The molecule has 2 heteroatoms. The maximum atomic E-state index is 5.58. The predicted molar refractivity (Wildman–Crippen MR) is 43.5 cm³/mol. The molecule has 0 fully saturated rings. The first-order valence-electron chi connectivity index (χ1n) is 4.06. The molecule has 1 atom stereocenters. The minimum absolute atomic E-state index is 0.546. The zero-order valence-electron chi connectivity index (χ0n) is 7.85. The van der Waals surface area contributed by atoms with Crippen LogP contribution < -0.4 is 0 Å². The van der Waals surface area contributed by atoms with Crippen LogP contribution in [0.2, 0.25) is 0 Å². The van der Waals surface area contributed by atoms with Gasteiger partial charge in [0.15, 0.2) is 0 Å². The SMILES string of the molecule is CCO[N+](C)(CC)C(C)C. The van der Waals surface area contributed by atoms with Gasteiger partial charge in [-0.25, -0.2) is 4.84 Å². The van der Waals surface area contributed by atoms with Gasteiger partial charge in [-0.3, -0.25) is 0 Å². The van der Waals surface area contributed by atoms with Crippen LogP contribution in [0.5, 0.6) is 0 Å². The molecule has 0 aliphatic carbocycles. The highest BCUT2D eigenvalue weighted by atomic mass is 16.7. The molecule has 0 saturated heterocycles. The highest BCUT2D eigenvalue weighted by Crippen LogP contribution is 2.09. The Morgan fingerprint density at radius 2 is 1.80 bits per heavy atom. The van der Waals surface area contributed by atoms with Gasteiger partial charge in [-0.1, -0.05) is 0 Å². The summed E-state index contributed by atoms with van der Waals surface area (Å²) < 4.78 is 0.719. The van der Waals surface area contributed by atoms with Gasteiger partial charge in [-0.05, 0) is 27.7 Å². The van der Waals surface area contributed by atoms with Gasteiger partial charge in [0.05, 0.1) is 7.05 Å². The van der Waals surface area contributed by atoms with E-state index in [1.165, 1.54) is 0 Å². The molecule has 0 amide bonds. The average molecular weight is 146 g/mol. The first-order chi connectivity index (χ1) is 4.56. The Morgan fingerprint density at radius 1 is 1.30 bits per heavy atom. The molecule has 0 aliphatic heterocycles. The summed E-state index contributed by atoms with van der Waals surface area (Å²) in [6.45, 7) is 10.4. The van der Waals surface area contributed by atoms with Gasteiger partial charge in [0.25, 0.3) is 0 Å². The second-order valence-corrected chi connectivity index (χ2v) is 3.00. The lowest BCUT2D eigenvalue weighted by atomic mass is 10.3. The van der Waals surface area contributed by atoms with Crippen LogP contribution in [0.1, 0.15) is 27.7 Å². The molecule has 0 aromatic rings. The molecule has 0 radical (unpaired) electrons. The Kier molecular flexibility index (Phi) is 3.91. The molecule has 0 rings (SSSR count). The van der Waals surface area contributed by atoms with Crippen LogP contribution in [-0.2, 0) is 4.84 Å². The molecule has 1 unspecified atom stereocenters. The van der Waals surface area contributed by atoms with Crippen LogP contribution in [0.4, 0.5) is 0 Å². The standard InChI is InChI=1S/C8H20NO/c1-6-9(5,8(3)4)10-7-2/h8H,6-7H2,1-5H3/q+1. The summed E-state index contributed by atoms with van der Waals surface area (Å²) in [6, 6.07) is 0.546. The molecular weight excluding hydrogens is 126 g/mol. The van der Waals surface area contributed by atoms with Crippen LogP contribution in [0.3, 0.4) is 0 Å². The van der Waals surface area contributed by atoms with Gasteiger partial charge in [0.1, 0.15) is 19.2 Å². The molecule has 0 bridgehead atoms. The summed E-state index contributed by atoms with van der Waals surface area (Å²) in [7, 11) is 2.12. The largest absolute Gasteiger partial charge is 0.203 e. The normalized spacial score (nSPS) is 17.4. The molecular formula is C8H20NO+. The van der Waals surface area contributed by atoms with Crippen molar-refractivity contribution in [2.75, 3.05) is 20.2 Å². The van der Waals surface area contributed by atoms with E-state index >= 15 is 0 Å². The van der Waals surface area contributed by atoms with Crippen molar-refractivity contribution in [1.29, 1.82) is 0 Å². The summed E-state index contributed by atoms with van der Waals surface area (Å²) in [4.78, 5) is 5.58. The molecule has 2 nitrogen and oxygen atoms in total. The van der Waals surface area contributed by atoms with Crippen LogP contribution >= 0.6 is 0 Å². The van der Waals surface area contributed by atoms with Gasteiger partial charge < -0.3 is 0 Å². The summed E-state index contributed by atoms with van der Waals surface area (Å²) >= 11 is 0. The fourth-order valence-electron chi connectivity index (χ4n) is 0.900. The van der Waals surface area contributed by atoms with Crippen LogP contribution in [0.15, 0.2) is 0 Å². The first-order valence-corrected chi connectivity index (χ1v) is 4.06. The van der Waals surface area contributed by atoms with Crippen molar-refractivity contribution in [3.8, 4) is 0 Å². The van der Waals surface area contributed by atoms with E-state index in [0.29, 0.717) is 6.04 Å². The van der Waals surface area contributed by atoms with Gasteiger partial charge in [-0.2, -0.15) is 4.65 Å². The number of rotatable bonds is 4. The van der Waals surface area contributed by atoms with Crippen molar-refractivity contribution in [3.05, 3.63) is 0 Å². The topological polar surface area (TPSA) is 9.23 Å². The number of hydroxylamine groups is 3. The molecule has 0 aliphatic rings. The Labute approximate surface area is 64.3 Å². The second kappa shape index (κ2) is 3.94.